The lowest BCUT2D eigenvalue weighted by Gasteiger charge is -2.13. The van der Waals surface area contributed by atoms with Gasteiger partial charge in [0.1, 0.15) is 6.04 Å². The molecule has 1 aliphatic heterocycles. The standard InChI is InChI=1S/C13H14N2O4/c1-7-2-3-9(8(6-7)13(18)19)15-12(17)10-4-5-11(16)14-10/h2-3,6,10H,4-5H2,1H3,(H,14,16)(H,15,17)(H,18,19). The van der Waals surface area contributed by atoms with Crippen molar-refractivity contribution in [3.05, 3.63) is 29.3 Å². The molecule has 1 aromatic rings. The molecule has 19 heavy (non-hydrogen) atoms. The number of carbonyl (C=O) groups excluding carboxylic acids is 2. The van der Waals surface area contributed by atoms with Crippen LogP contribution in [0.5, 0.6) is 0 Å². The number of amides is 2. The Kier molecular flexibility index (Phi) is 3.50. The summed E-state index contributed by atoms with van der Waals surface area (Å²) in [6.45, 7) is 1.77. The minimum Gasteiger partial charge on any atom is -0.478 e. The Labute approximate surface area is 109 Å². The number of carboxylic acids is 1. The largest absolute Gasteiger partial charge is 0.478 e. The van der Waals surface area contributed by atoms with Crippen LogP contribution in [0.15, 0.2) is 18.2 Å². The SMILES string of the molecule is Cc1ccc(NC(=O)C2CCC(=O)N2)c(C(=O)O)c1. The summed E-state index contributed by atoms with van der Waals surface area (Å²) in [6, 6.07) is 4.17. The molecule has 100 valence electrons. The molecule has 6 nitrogen and oxygen atoms in total. The van der Waals surface area contributed by atoms with Gasteiger partial charge >= 0.3 is 5.97 Å². The molecular formula is C13H14N2O4. The van der Waals surface area contributed by atoms with Crippen molar-refractivity contribution in [2.24, 2.45) is 0 Å². The van der Waals surface area contributed by atoms with Crippen LogP contribution in [0, 0.1) is 6.92 Å². The van der Waals surface area contributed by atoms with E-state index in [1.54, 1.807) is 19.1 Å². The zero-order valence-electron chi connectivity index (χ0n) is 10.4. The predicted octanol–water partition coefficient (Wildman–Crippen LogP) is 0.910. The highest BCUT2D eigenvalue weighted by Gasteiger charge is 2.27. The average Bonchev–Trinajstić information content (AvgIpc) is 2.78. The number of carboxylic acid groups (broad SMARTS) is 1. The van der Waals surface area contributed by atoms with Crippen LogP contribution < -0.4 is 10.6 Å². The Morgan fingerprint density at radius 2 is 2.16 bits per heavy atom. The number of anilines is 1. The molecule has 0 aliphatic carbocycles. The lowest BCUT2D eigenvalue weighted by molar-refractivity contribution is -0.122. The molecule has 1 saturated heterocycles. The van der Waals surface area contributed by atoms with Crippen LogP contribution in [0.1, 0.15) is 28.8 Å². The highest BCUT2D eigenvalue weighted by molar-refractivity contribution is 6.04. The fraction of sp³-hybridized carbons (Fsp3) is 0.308. The van der Waals surface area contributed by atoms with Gasteiger partial charge in [-0.15, -0.1) is 0 Å². The third-order valence-corrected chi connectivity index (χ3v) is 2.98. The number of rotatable bonds is 3. The van der Waals surface area contributed by atoms with Crippen LogP contribution in [0.3, 0.4) is 0 Å². The van der Waals surface area contributed by atoms with Gasteiger partial charge in [-0.2, -0.15) is 0 Å². The van der Waals surface area contributed by atoms with Gasteiger partial charge in [-0.1, -0.05) is 11.6 Å². The molecular weight excluding hydrogens is 248 g/mol. The first-order chi connectivity index (χ1) is 8.97. The lowest BCUT2D eigenvalue weighted by Crippen LogP contribution is -2.37. The Morgan fingerprint density at radius 1 is 1.42 bits per heavy atom. The summed E-state index contributed by atoms with van der Waals surface area (Å²) in [5.41, 5.74) is 1.08. The average molecular weight is 262 g/mol. The van der Waals surface area contributed by atoms with Crippen molar-refractivity contribution in [1.29, 1.82) is 0 Å². The summed E-state index contributed by atoms with van der Waals surface area (Å²) in [7, 11) is 0. The summed E-state index contributed by atoms with van der Waals surface area (Å²) in [4.78, 5) is 34.1. The van der Waals surface area contributed by atoms with E-state index in [1.807, 2.05) is 0 Å². The smallest absolute Gasteiger partial charge is 0.337 e. The Hall–Kier alpha value is -2.37. The van der Waals surface area contributed by atoms with E-state index < -0.39 is 17.9 Å². The van der Waals surface area contributed by atoms with E-state index in [-0.39, 0.29) is 17.2 Å². The normalized spacial score (nSPS) is 17.9. The molecule has 0 saturated carbocycles. The number of hydrogen-bond donors (Lipinski definition) is 3. The molecule has 0 bridgehead atoms. The van der Waals surface area contributed by atoms with Crippen molar-refractivity contribution in [3.8, 4) is 0 Å². The molecule has 0 spiro atoms. The van der Waals surface area contributed by atoms with Crippen molar-refractivity contribution >= 4 is 23.5 Å². The molecule has 1 aromatic carbocycles. The minimum atomic E-state index is -1.10. The number of carbonyl (C=O) groups is 3. The zero-order valence-corrected chi connectivity index (χ0v) is 10.4. The molecule has 2 amide bonds. The van der Waals surface area contributed by atoms with Crippen molar-refractivity contribution in [1.82, 2.24) is 5.32 Å². The number of aryl methyl sites for hydroxylation is 1. The second-order valence-electron chi connectivity index (χ2n) is 4.50. The van der Waals surface area contributed by atoms with E-state index in [1.165, 1.54) is 6.07 Å². The van der Waals surface area contributed by atoms with Crippen LogP contribution in [0.2, 0.25) is 0 Å². The van der Waals surface area contributed by atoms with Crippen molar-refractivity contribution in [2.75, 3.05) is 5.32 Å². The van der Waals surface area contributed by atoms with Crippen molar-refractivity contribution < 1.29 is 19.5 Å². The zero-order chi connectivity index (χ0) is 14.0. The highest BCUT2D eigenvalue weighted by atomic mass is 16.4. The van der Waals surface area contributed by atoms with Gasteiger partial charge in [-0.25, -0.2) is 4.79 Å². The Bertz CT molecular complexity index is 554. The van der Waals surface area contributed by atoms with Crippen LogP contribution in [-0.2, 0) is 9.59 Å². The molecule has 1 atom stereocenters. The van der Waals surface area contributed by atoms with E-state index in [0.29, 0.717) is 12.8 Å². The summed E-state index contributed by atoms with van der Waals surface area (Å²) < 4.78 is 0. The van der Waals surface area contributed by atoms with E-state index >= 15 is 0 Å². The maximum atomic E-state index is 11.9. The van der Waals surface area contributed by atoms with Gasteiger partial charge in [-0.05, 0) is 25.5 Å². The molecule has 6 heteroatoms. The first-order valence-electron chi connectivity index (χ1n) is 5.91. The topological polar surface area (TPSA) is 95.5 Å². The van der Waals surface area contributed by atoms with Crippen LogP contribution in [0.25, 0.3) is 0 Å². The third-order valence-electron chi connectivity index (χ3n) is 2.98. The molecule has 2 rings (SSSR count). The highest BCUT2D eigenvalue weighted by Crippen LogP contribution is 2.18. The second-order valence-corrected chi connectivity index (χ2v) is 4.50. The maximum Gasteiger partial charge on any atom is 0.337 e. The van der Waals surface area contributed by atoms with E-state index in [4.69, 9.17) is 5.11 Å². The van der Waals surface area contributed by atoms with E-state index in [9.17, 15) is 14.4 Å². The number of benzene rings is 1. The summed E-state index contributed by atoms with van der Waals surface area (Å²) >= 11 is 0. The van der Waals surface area contributed by atoms with Gasteiger partial charge in [0.15, 0.2) is 0 Å². The quantitative estimate of drug-likeness (QED) is 0.754. The van der Waals surface area contributed by atoms with Crippen molar-refractivity contribution in [3.63, 3.8) is 0 Å². The monoisotopic (exact) mass is 262 g/mol. The second kappa shape index (κ2) is 5.09. The first kappa shape index (κ1) is 13.1. The fourth-order valence-electron chi connectivity index (χ4n) is 1.97. The van der Waals surface area contributed by atoms with Crippen molar-refractivity contribution in [2.45, 2.75) is 25.8 Å². The minimum absolute atomic E-state index is 0.0395. The molecule has 0 radical (unpaired) electrons. The molecule has 0 aromatic heterocycles. The van der Waals surface area contributed by atoms with Gasteiger partial charge in [-0.3, -0.25) is 9.59 Å². The summed E-state index contributed by atoms with van der Waals surface area (Å²) in [5, 5.41) is 14.2. The molecule has 1 fully saturated rings. The van der Waals surface area contributed by atoms with Crippen LogP contribution >= 0.6 is 0 Å². The third kappa shape index (κ3) is 2.90. The van der Waals surface area contributed by atoms with Gasteiger partial charge in [0, 0.05) is 6.42 Å². The van der Waals surface area contributed by atoms with Crippen LogP contribution in [-0.4, -0.2) is 28.9 Å². The molecule has 1 aliphatic rings. The van der Waals surface area contributed by atoms with E-state index in [0.717, 1.165) is 5.56 Å². The number of hydrogen-bond acceptors (Lipinski definition) is 3. The Balaban J connectivity index is 2.17. The number of nitrogens with one attached hydrogen (secondary N) is 2. The summed E-state index contributed by atoms with van der Waals surface area (Å²) in [5.74, 6) is -1.66. The molecule has 3 N–H and O–H groups in total. The van der Waals surface area contributed by atoms with Crippen LogP contribution in [0.4, 0.5) is 5.69 Å². The predicted molar refractivity (Wildman–Crippen MR) is 67.9 cm³/mol. The number of aromatic carboxylic acids is 1. The summed E-state index contributed by atoms with van der Waals surface area (Å²) in [6.07, 6.45) is 0.747. The Morgan fingerprint density at radius 3 is 2.74 bits per heavy atom. The van der Waals surface area contributed by atoms with Gasteiger partial charge in [0.2, 0.25) is 11.8 Å². The molecule has 1 heterocycles. The maximum absolute atomic E-state index is 11.9. The van der Waals surface area contributed by atoms with Gasteiger partial charge < -0.3 is 15.7 Å². The van der Waals surface area contributed by atoms with Gasteiger partial charge in [0.25, 0.3) is 0 Å². The van der Waals surface area contributed by atoms with Gasteiger partial charge in [0.05, 0.1) is 11.3 Å². The first-order valence-corrected chi connectivity index (χ1v) is 5.91. The molecule has 1 unspecified atom stereocenters. The van der Waals surface area contributed by atoms with E-state index in [2.05, 4.69) is 10.6 Å². The fourth-order valence-corrected chi connectivity index (χ4v) is 1.97. The lowest BCUT2D eigenvalue weighted by atomic mass is 10.1.